The summed E-state index contributed by atoms with van der Waals surface area (Å²) in [6.45, 7) is 0.497. The molecule has 1 saturated carbocycles. The first-order valence-corrected chi connectivity index (χ1v) is 14.4. The number of hydrogen-bond acceptors (Lipinski definition) is 6. The molecule has 41 heavy (non-hydrogen) atoms. The van der Waals surface area contributed by atoms with Gasteiger partial charge in [-0.2, -0.15) is 0 Å². The van der Waals surface area contributed by atoms with Crippen molar-refractivity contribution in [3.63, 3.8) is 0 Å². The van der Waals surface area contributed by atoms with Crippen LogP contribution >= 0.6 is 11.8 Å². The first-order chi connectivity index (χ1) is 19.9. The van der Waals surface area contributed by atoms with Crippen LogP contribution in [0.15, 0.2) is 82.7 Å². The second-order valence-corrected chi connectivity index (χ2v) is 11.1. The Hall–Kier alpha value is -4.37. The zero-order valence-electron chi connectivity index (χ0n) is 22.7. The number of carboxylic acid groups (broad SMARTS) is 1. The lowest BCUT2D eigenvalue weighted by molar-refractivity contribution is -0.147. The third-order valence-electron chi connectivity index (χ3n) is 7.19. The molecule has 8 nitrogen and oxygen atoms in total. The number of benzene rings is 3. The van der Waals surface area contributed by atoms with Crippen molar-refractivity contribution in [2.24, 2.45) is 4.99 Å². The van der Waals surface area contributed by atoms with Crippen molar-refractivity contribution in [1.82, 2.24) is 4.90 Å². The quantitative estimate of drug-likeness (QED) is 0.246. The molecule has 0 bridgehead atoms. The van der Waals surface area contributed by atoms with Gasteiger partial charge in [0.2, 0.25) is 0 Å². The number of aliphatic carboxylic acids is 1. The highest BCUT2D eigenvalue weighted by Crippen LogP contribution is 2.34. The summed E-state index contributed by atoms with van der Waals surface area (Å²) in [5.74, 6) is -1.38. The number of aliphatic imine (C=N–C) groups is 1. The third-order valence-corrected chi connectivity index (χ3v) is 8.25. The lowest BCUT2D eigenvalue weighted by atomic mass is 9.84. The van der Waals surface area contributed by atoms with E-state index in [1.807, 2.05) is 30.3 Å². The summed E-state index contributed by atoms with van der Waals surface area (Å²) in [4.78, 5) is 41.4. The normalized spacial score (nSPS) is 17.7. The molecule has 0 unspecified atom stereocenters. The Balaban J connectivity index is 1.17. The number of anilines is 1. The number of carboxylic acids is 1. The molecule has 1 aliphatic heterocycles. The van der Waals surface area contributed by atoms with Crippen LogP contribution in [0.5, 0.6) is 5.75 Å². The van der Waals surface area contributed by atoms with Crippen LogP contribution in [0.3, 0.4) is 0 Å². The number of hydrogen-bond donors (Lipinski definition) is 2. The first-order valence-electron chi connectivity index (χ1n) is 13.6. The Morgan fingerprint density at radius 1 is 1.00 bits per heavy atom. The Bertz CT molecular complexity index is 1480. The molecule has 3 aromatic carbocycles. The van der Waals surface area contributed by atoms with Crippen LogP contribution in [0.4, 0.5) is 11.4 Å². The topological polar surface area (TPSA) is 108 Å². The summed E-state index contributed by atoms with van der Waals surface area (Å²) in [5.41, 5.74) is 4.35. The molecule has 2 amide bonds. The maximum atomic E-state index is 12.8. The number of carbonyl (C=O) groups is 3. The second kappa shape index (κ2) is 12.9. The van der Waals surface area contributed by atoms with E-state index in [0.29, 0.717) is 34.0 Å². The van der Waals surface area contributed by atoms with Crippen LogP contribution in [0.2, 0.25) is 0 Å². The van der Waals surface area contributed by atoms with Gasteiger partial charge in [-0.3, -0.25) is 14.5 Å². The highest BCUT2D eigenvalue weighted by Gasteiger charge is 2.30. The molecule has 9 heteroatoms. The minimum atomic E-state index is -1.56. The maximum Gasteiger partial charge on any atom is 0.394 e. The highest BCUT2D eigenvalue weighted by molar-refractivity contribution is 8.18. The van der Waals surface area contributed by atoms with E-state index in [0.717, 1.165) is 16.9 Å². The molecule has 2 fully saturated rings. The molecule has 0 spiro atoms. The van der Waals surface area contributed by atoms with Crippen LogP contribution in [-0.2, 0) is 21.0 Å². The molecule has 1 aliphatic carbocycles. The van der Waals surface area contributed by atoms with Crippen molar-refractivity contribution in [1.29, 1.82) is 0 Å². The highest BCUT2D eigenvalue weighted by atomic mass is 32.2. The summed E-state index contributed by atoms with van der Waals surface area (Å²) in [6.07, 6.45) is 8.43. The monoisotopic (exact) mass is 569 g/mol. The van der Waals surface area contributed by atoms with Crippen molar-refractivity contribution >= 4 is 52.2 Å². The number of nitrogens with one attached hydrogen (secondary N) is 1. The van der Waals surface area contributed by atoms with E-state index in [-0.39, 0.29) is 5.91 Å². The fourth-order valence-electron chi connectivity index (χ4n) is 4.87. The van der Waals surface area contributed by atoms with Crippen LogP contribution in [-0.4, -0.2) is 40.0 Å². The molecule has 2 aliphatic rings. The number of nitrogens with zero attached hydrogens (tertiary/aromatic N) is 2. The summed E-state index contributed by atoms with van der Waals surface area (Å²) in [5, 5.41) is 11.5. The predicted octanol–water partition coefficient (Wildman–Crippen LogP) is 6.57. The molecule has 0 aromatic heterocycles. The van der Waals surface area contributed by atoms with E-state index in [2.05, 4.69) is 34.6 Å². The summed E-state index contributed by atoms with van der Waals surface area (Å²) in [7, 11) is 1.66. The molecule has 3 aromatic rings. The molecular weight excluding hydrogens is 538 g/mol. The Kier molecular flexibility index (Phi) is 8.84. The van der Waals surface area contributed by atoms with Crippen LogP contribution < -0.4 is 10.1 Å². The molecule has 0 radical (unpaired) electrons. The Morgan fingerprint density at radius 2 is 1.68 bits per heavy atom. The number of rotatable bonds is 7. The van der Waals surface area contributed by atoms with Gasteiger partial charge >= 0.3 is 11.9 Å². The number of ether oxygens (including phenoxy) is 1. The van der Waals surface area contributed by atoms with Crippen molar-refractivity contribution in [3.05, 3.63) is 94.4 Å². The minimum Gasteiger partial charge on any atom is -0.489 e. The Morgan fingerprint density at radius 3 is 2.34 bits per heavy atom. The summed E-state index contributed by atoms with van der Waals surface area (Å²) in [6, 6.07) is 22.8. The van der Waals surface area contributed by atoms with E-state index < -0.39 is 11.9 Å². The number of amidine groups is 1. The van der Waals surface area contributed by atoms with Gasteiger partial charge < -0.3 is 15.2 Å². The fraction of sp³-hybridized carbons (Fsp3) is 0.250. The summed E-state index contributed by atoms with van der Waals surface area (Å²) < 4.78 is 5.99. The van der Waals surface area contributed by atoms with Crippen molar-refractivity contribution in [2.75, 3.05) is 12.4 Å². The average molecular weight is 570 g/mol. The number of carbonyl (C=O) groups excluding carboxylic acids is 2. The van der Waals surface area contributed by atoms with Crippen LogP contribution in [0.25, 0.3) is 6.08 Å². The summed E-state index contributed by atoms with van der Waals surface area (Å²) >= 11 is 1.27. The minimum absolute atomic E-state index is 0.156. The number of amides is 2. The largest absolute Gasteiger partial charge is 0.489 e. The molecule has 210 valence electrons. The van der Waals surface area contributed by atoms with E-state index in [1.54, 1.807) is 31.3 Å². The first kappa shape index (κ1) is 28.2. The van der Waals surface area contributed by atoms with Gasteiger partial charge in [0.15, 0.2) is 5.17 Å². The second-order valence-electron chi connectivity index (χ2n) is 10.1. The third kappa shape index (κ3) is 7.24. The van der Waals surface area contributed by atoms with E-state index in [1.165, 1.54) is 54.3 Å². The van der Waals surface area contributed by atoms with Gasteiger partial charge in [0, 0.05) is 12.7 Å². The number of thioether (sulfide) groups is 1. The van der Waals surface area contributed by atoms with Crippen molar-refractivity contribution in [3.8, 4) is 5.75 Å². The molecule has 2 N–H and O–H groups in total. The van der Waals surface area contributed by atoms with E-state index in [9.17, 15) is 14.4 Å². The van der Waals surface area contributed by atoms with Crippen molar-refractivity contribution < 1.29 is 24.2 Å². The smallest absolute Gasteiger partial charge is 0.394 e. The van der Waals surface area contributed by atoms with E-state index >= 15 is 0 Å². The van der Waals surface area contributed by atoms with Crippen LogP contribution in [0, 0.1) is 0 Å². The van der Waals surface area contributed by atoms with Gasteiger partial charge in [0.1, 0.15) is 12.4 Å². The SMILES string of the molecule is CN1C(=O)C(=Cc2ccc(OCc3ccc(C4CCCCC4)cc3)cc2)SC1=Nc1ccc(NC(=O)C(=O)O)cc1. The molecule has 1 saturated heterocycles. The van der Waals surface area contributed by atoms with Gasteiger partial charge in [0.05, 0.1) is 10.6 Å². The van der Waals surface area contributed by atoms with Gasteiger partial charge in [0.25, 0.3) is 5.91 Å². The zero-order valence-corrected chi connectivity index (χ0v) is 23.5. The lowest BCUT2D eigenvalue weighted by Crippen LogP contribution is -2.23. The average Bonchev–Trinajstić information content (AvgIpc) is 3.25. The maximum absolute atomic E-state index is 12.8. The van der Waals surface area contributed by atoms with E-state index in [4.69, 9.17) is 9.84 Å². The predicted molar refractivity (Wildman–Crippen MR) is 161 cm³/mol. The van der Waals surface area contributed by atoms with Crippen molar-refractivity contribution in [2.45, 2.75) is 44.6 Å². The Labute approximate surface area is 243 Å². The molecule has 0 atom stereocenters. The fourth-order valence-corrected chi connectivity index (χ4v) is 5.85. The van der Waals surface area contributed by atoms with Gasteiger partial charge in [-0.1, -0.05) is 55.7 Å². The lowest BCUT2D eigenvalue weighted by Gasteiger charge is -2.22. The molecular formula is C32H31N3O5S. The zero-order chi connectivity index (χ0) is 28.8. The molecule has 1 heterocycles. The van der Waals surface area contributed by atoms with Gasteiger partial charge in [-0.05, 0) is 89.7 Å². The van der Waals surface area contributed by atoms with Crippen LogP contribution in [0.1, 0.15) is 54.7 Å². The standard InChI is InChI=1S/C32H31N3O5S/c1-35-30(37)28(41-32(35)34-26-15-13-25(14-16-26)33-29(36)31(38)39)19-21-9-17-27(18-10-21)40-20-22-7-11-24(12-8-22)23-5-3-2-4-6-23/h7-19,23H,2-6,20H2,1H3,(H,33,36)(H,38,39). The number of likely N-dealkylation sites (N-methyl/N-ethyl adjacent to an activating group) is 1. The van der Waals surface area contributed by atoms with Gasteiger partial charge in [-0.25, -0.2) is 9.79 Å². The van der Waals surface area contributed by atoms with Gasteiger partial charge in [-0.15, -0.1) is 0 Å². The molecule has 5 rings (SSSR count).